The predicted molar refractivity (Wildman–Crippen MR) is 71.9 cm³/mol. The van der Waals surface area contributed by atoms with E-state index in [-0.39, 0.29) is 0 Å². The van der Waals surface area contributed by atoms with Crippen molar-refractivity contribution in [2.45, 2.75) is 64.8 Å². The van der Waals surface area contributed by atoms with Gasteiger partial charge in [0.05, 0.1) is 0 Å². The van der Waals surface area contributed by atoms with E-state index in [1.807, 2.05) is 0 Å². The molecule has 0 amide bonds. The molecule has 0 aromatic carbocycles. The van der Waals surface area contributed by atoms with E-state index in [4.69, 9.17) is 0 Å². The lowest BCUT2D eigenvalue weighted by atomic mass is 10.0. The van der Waals surface area contributed by atoms with Crippen molar-refractivity contribution in [1.82, 2.24) is 10.2 Å². The highest BCUT2D eigenvalue weighted by molar-refractivity contribution is 4.72. The van der Waals surface area contributed by atoms with Crippen LogP contribution < -0.4 is 5.32 Å². The number of hydrogen-bond acceptors (Lipinski definition) is 2. The number of piperidine rings is 1. The second kappa shape index (κ2) is 9.00. The number of unbranched alkanes of at least 4 members (excludes halogenated alkanes) is 2. The summed E-state index contributed by atoms with van der Waals surface area (Å²) >= 11 is 0. The summed E-state index contributed by atoms with van der Waals surface area (Å²) < 4.78 is 0. The number of nitrogens with zero attached hydrogens (tertiary/aromatic N) is 1. The Hall–Kier alpha value is -0.0800. The standard InChI is InChI=1S/C14H30N2/c1-3-10-15-11-6-4-7-12-16-13-8-5-9-14(16)2/h14-15H,3-13H2,1-2H3. The van der Waals surface area contributed by atoms with Crippen molar-refractivity contribution in [3.63, 3.8) is 0 Å². The Labute approximate surface area is 102 Å². The molecule has 0 spiro atoms. The van der Waals surface area contributed by atoms with E-state index < -0.39 is 0 Å². The van der Waals surface area contributed by atoms with Crippen LogP contribution in [0.2, 0.25) is 0 Å². The summed E-state index contributed by atoms with van der Waals surface area (Å²) in [5.74, 6) is 0. The zero-order chi connectivity index (χ0) is 11.6. The fourth-order valence-corrected chi connectivity index (χ4v) is 2.53. The molecule has 0 bridgehead atoms. The SMILES string of the molecule is CCCNCCCCCN1CCCCC1C. The molecule has 1 saturated heterocycles. The van der Waals surface area contributed by atoms with Crippen LogP contribution in [-0.2, 0) is 0 Å². The lowest BCUT2D eigenvalue weighted by molar-refractivity contribution is 0.158. The zero-order valence-electron chi connectivity index (χ0n) is 11.3. The first kappa shape index (κ1) is 14.0. The largest absolute Gasteiger partial charge is 0.317 e. The van der Waals surface area contributed by atoms with Crippen LogP contribution >= 0.6 is 0 Å². The molecule has 0 aromatic rings. The van der Waals surface area contributed by atoms with E-state index in [1.165, 1.54) is 71.1 Å². The highest BCUT2D eigenvalue weighted by Crippen LogP contribution is 2.16. The quantitative estimate of drug-likeness (QED) is 0.640. The average Bonchev–Trinajstić information content (AvgIpc) is 2.30. The highest BCUT2D eigenvalue weighted by atomic mass is 15.1. The van der Waals surface area contributed by atoms with Gasteiger partial charge in [-0.3, -0.25) is 0 Å². The summed E-state index contributed by atoms with van der Waals surface area (Å²) in [6.07, 6.45) is 9.66. The maximum absolute atomic E-state index is 3.47. The lowest BCUT2D eigenvalue weighted by Crippen LogP contribution is -2.38. The van der Waals surface area contributed by atoms with E-state index in [0.29, 0.717) is 0 Å². The summed E-state index contributed by atoms with van der Waals surface area (Å²) in [5, 5.41) is 3.47. The van der Waals surface area contributed by atoms with E-state index in [9.17, 15) is 0 Å². The van der Waals surface area contributed by atoms with E-state index >= 15 is 0 Å². The summed E-state index contributed by atoms with van der Waals surface area (Å²) in [6, 6.07) is 0.840. The van der Waals surface area contributed by atoms with Gasteiger partial charge >= 0.3 is 0 Å². The van der Waals surface area contributed by atoms with Crippen LogP contribution in [0, 0.1) is 0 Å². The van der Waals surface area contributed by atoms with E-state index in [1.54, 1.807) is 0 Å². The summed E-state index contributed by atoms with van der Waals surface area (Å²) in [6.45, 7) is 9.68. The van der Waals surface area contributed by atoms with Crippen molar-refractivity contribution in [1.29, 1.82) is 0 Å². The normalized spacial score (nSPS) is 22.5. The molecule has 1 heterocycles. The van der Waals surface area contributed by atoms with Crippen LogP contribution in [0.1, 0.15) is 58.8 Å². The molecule has 1 aliphatic rings. The van der Waals surface area contributed by atoms with Crippen molar-refractivity contribution in [2.75, 3.05) is 26.2 Å². The molecule has 0 saturated carbocycles. The number of hydrogen-bond donors (Lipinski definition) is 1. The molecule has 16 heavy (non-hydrogen) atoms. The Kier molecular flexibility index (Phi) is 7.87. The summed E-state index contributed by atoms with van der Waals surface area (Å²) in [5.41, 5.74) is 0. The van der Waals surface area contributed by atoms with Crippen molar-refractivity contribution >= 4 is 0 Å². The third kappa shape index (κ3) is 5.86. The van der Waals surface area contributed by atoms with Crippen molar-refractivity contribution in [2.24, 2.45) is 0 Å². The minimum atomic E-state index is 0.840. The van der Waals surface area contributed by atoms with Crippen molar-refractivity contribution in [3.05, 3.63) is 0 Å². The number of rotatable bonds is 8. The van der Waals surface area contributed by atoms with Gasteiger partial charge in [0.25, 0.3) is 0 Å². The topological polar surface area (TPSA) is 15.3 Å². The minimum absolute atomic E-state index is 0.840. The van der Waals surface area contributed by atoms with Gasteiger partial charge < -0.3 is 10.2 Å². The second-order valence-corrected chi connectivity index (χ2v) is 5.19. The van der Waals surface area contributed by atoms with Gasteiger partial charge in [-0.25, -0.2) is 0 Å². The van der Waals surface area contributed by atoms with E-state index in [2.05, 4.69) is 24.1 Å². The fourth-order valence-electron chi connectivity index (χ4n) is 2.53. The third-order valence-electron chi connectivity index (χ3n) is 3.67. The zero-order valence-corrected chi connectivity index (χ0v) is 11.3. The lowest BCUT2D eigenvalue weighted by Gasteiger charge is -2.33. The summed E-state index contributed by atoms with van der Waals surface area (Å²) in [7, 11) is 0. The van der Waals surface area contributed by atoms with Gasteiger partial charge in [-0.2, -0.15) is 0 Å². The van der Waals surface area contributed by atoms with Gasteiger partial charge in [-0.05, 0) is 65.2 Å². The maximum atomic E-state index is 3.47. The molecule has 1 fully saturated rings. The molecule has 1 aliphatic heterocycles. The average molecular weight is 226 g/mol. The first-order valence-electron chi connectivity index (χ1n) is 7.29. The molecule has 0 aromatic heterocycles. The highest BCUT2D eigenvalue weighted by Gasteiger charge is 2.16. The molecule has 96 valence electrons. The number of nitrogens with one attached hydrogen (secondary N) is 1. The molecule has 1 atom stereocenters. The Morgan fingerprint density at radius 3 is 2.75 bits per heavy atom. The minimum Gasteiger partial charge on any atom is -0.317 e. The van der Waals surface area contributed by atoms with Crippen LogP contribution in [0.25, 0.3) is 0 Å². The van der Waals surface area contributed by atoms with Gasteiger partial charge in [0, 0.05) is 6.04 Å². The Morgan fingerprint density at radius 1 is 1.12 bits per heavy atom. The van der Waals surface area contributed by atoms with Crippen LogP contribution in [0.5, 0.6) is 0 Å². The first-order chi connectivity index (χ1) is 7.84. The van der Waals surface area contributed by atoms with Crippen molar-refractivity contribution < 1.29 is 0 Å². The molecular weight excluding hydrogens is 196 g/mol. The van der Waals surface area contributed by atoms with Crippen LogP contribution in [0.3, 0.4) is 0 Å². The Balaban J connectivity index is 1.90. The molecule has 2 heteroatoms. The van der Waals surface area contributed by atoms with E-state index in [0.717, 1.165) is 6.04 Å². The predicted octanol–water partition coefficient (Wildman–Crippen LogP) is 3.03. The van der Waals surface area contributed by atoms with Gasteiger partial charge in [0.1, 0.15) is 0 Å². The molecule has 0 radical (unpaired) electrons. The molecular formula is C14H30N2. The van der Waals surface area contributed by atoms with Gasteiger partial charge in [0.2, 0.25) is 0 Å². The molecule has 1 rings (SSSR count). The van der Waals surface area contributed by atoms with Crippen LogP contribution in [-0.4, -0.2) is 37.1 Å². The molecule has 1 N–H and O–H groups in total. The van der Waals surface area contributed by atoms with Crippen LogP contribution in [0.4, 0.5) is 0 Å². The first-order valence-corrected chi connectivity index (χ1v) is 7.29. The monoisotopic (exact) mass is 226 g/mol. The van der Waals surface area contributed by atoms with Crippen LogP contribution in [0.15, 0.2) is 0 Å². The Bertz CT molecular complexity index is 159. The van der Waals surface area contributed by atoms with Gasteiger partial charge in [-0.15, -0.1) is 0 Å². The molecule has 0 aliphatic carbocycles. The van der Waals surface area contributed by atoms with Gasteiger partial charge in [-0.1, -0.05) is 19.8 Å². The molecule has 2 nitrogen and oxygen atoms in total. The Morgan fingerprint density at radius 2 is 2.00 bits per heavy atom. The van der Waals surface area contributed by atoms with Gasteiger partial charge in [0.15, 0.2) is 0 Å². The third-order valence-corrected chi connectivity index (χ3v) is 3.67. The maximum Gasteiger partial charge on any atom is 0.00669 e. The number of likely N-dealkylation sites (tertiary alicyclic amines) is 1. The fraction of sp³-hybridized carbons (Fsp3) is 1.00. The smallest absolute Gasteiger partial charge is 0.00669 e. The molecule has 1 unspecified atom stereocenters. The van der Waals surface area contributed by atoms with Crippen molar-refractivity contribution in [3.8, 4) is 0 Å². The second-order valence-electron chi connectivity index (χ2n) is 5.19. The summed E-state index contributed by atoms with van der Waals surface area (Å²) in [4.78, 5) is 2.68.